The fraction of sp³-hybridized carbons (Fsp3) is 0.400. The Morgan fingerprint density at radius 3 is 2.72 bits per heavy atom. The molecule has 0 saturated carbocycles. The van der Waals surface area contributed by atoms with Gasteiger partial charge in [0.2, 0.25) is 0 Å². The zero-order valence-corrected chi connectivity index (χ0v) is 11.5. The smallest absolute Gasteiger partial charge is 0.0897 e. The standard InChI is InChI=1S/C15H19NOS/c1-12-16-14(11-18-12)10-15(17)9-5-8-13-6-3-2-4-7-13/h2-4,6-7,11,15,17H,5,8-10H2,1H3. The molecule has 1 aromatic carbocycles. The number of rotatable bonds is 6. The van der Waals surface area contributed by atoms with Crippen LogP contribution in [0.4, 0.5) is 0 Å². The zero-order valence-electron chi connectivity index (χ0n) is 10.7. The van der Waals surface area contributed by atoms with Crippen LogP contribution in [0.5, 0.6) is 0 Å². The van der Waals surface area contributed by atoms with Crippen molar-refractivity contribution in [2.24, 2.45) is 0 Å². The summed E-state index contributed by atoms with van der Waals surface area (Å²) in [6, 6.07) is 10.4. The van der Waals surface area contributed by atoms with Gasteiger partial charge >= 0.3 is 0 Å². The normalized spacial score (nSPS) is 12.6. The van der Waals surface area contributed by atoms with E-state index in [2.05, 4.69) is 29.2 Å². The summed E-state index contributed by atoms with van der Waals surface area (Å²) in [5.41, 5.74) is 2.36. The van der Waals surface area contributed by atoms with Gasteiger partial charge in [-0.3, -0.25) is 0 Å². The van der Waals surface area contributed by atoms with Crippen LogP contribution in [0.3, 0.4) is 0 Å². The molecule has 0 spiro atoms. The quantitative estimate of drug-likeness (QED) is 0.864. The van der Waals surface area contributed by atoms with E-state index in [1.807, 2.05) is 18.4 Å². The van der Waals surface area contributed by atoms with E-state index in [0.29, 0.717) is 6.42 Å². The molecule has 1 unspecified atom stereocenters. The van der Waals surface area contributed by atoms with Crippen molar-refractivity contribution in [1.29, 1.82) is 0 Å². The van der Waals surface area contributed by atoms with Crippen LogP contribution < -0.4 is 0 Å². The van der Waals surface area contributed by atoms with Gasteiger partial charge in [-0.1, -0.05) is 30.3 Å². The Balaban J connectivity index is 1.70. The van der Waals surface area contributed by atoms with Crippen LogP contribution in [0.15, 0.2) is 35.7 Å². The van der Waals surface area contributed by atoms with E-state index in [-0.39, 0.29) is 6.10 Å². The fourth-order valence-electron chi connectivity index (χ4n) is 2.03. The first-order chi connectivity index (χ1) is 8.74. The molecule has 1 heterocycles. The number of thiazole rings is 1. The highest BCUT2D eigenvalue weighted by atomic mass is 32.1. The Hall–Kier alpha value is -1.19. The third-order valence-corrected chi connectivity index (χ3v) is 3.78. The summed E-state index contributed by atoms with van der Waals surface area (Å²) in [5.74, 6) is 0. The summed E-state index contributed by atoms with van der Waals surface area (Å²) in [7, 11) is 0. The lowest BCUT2D eigenvalue weighted by molar-refractivity contribution is 0.161. The third kappa shape index (κ3) is 4.24. The van der Waals surface area contributed by atoms with E-state index in [1.165, 1.54) is 5.56 Å². The number of benzene rings is 1. The molecule has 0 aliphatic carbocycles. The molecule has 1 aromatic heterocycles. The molecule has 0 bridgehead atoms. The van der Waals surface area contributed by atoms with Gasteiger partial charge in [0, 0.05) is 11.8 Å². The van der Waals surface area contributed by atoms with E-state index < -0.39 is 0 Å². The molecule has 3 heteroatoms. The first-order valence-corrected chi connectivity index (χ1v) is 7.25. The predicted octanol–water partition coefficient (Wildman–Crippen LogP) is 3.38. The van der Waals surface area contributed by atoms with Crippen molar-refractivity contribution in [2.75, 3.05) is 0 Å². The monoisotopic (exact) mass is 261 g/mol. The number of nitrogens with zero attached hydrogens (tertiary/aromatic N) is 1. The highest BCUT2D eigenvalue weighted by Crippen LogP contribution is 2.13. The van der Waals surface area contributed by atoms with Gasteiger partial charge in [0.05, 0.1) is 16.8 Å². The highest BCUT2D eigenvalue weighted by Gasteiger charge is 2.07. The fourth-order valence-corrected chi connectivity index (χ4v) is 2.66. The SMILES string of the molecule is Cc1nc(CC(O)CCCc2ccccc2)cs1. The number of aliphatic hydroxyl groups excluding tert-OH is 1. The Kier molecular flexibility index (Phi) is 4.90. The summed E-state index contributed by atoms with van der Waals surface area (Å²) in [4.78, 5) is 4.38. The number of aromatic nitrogens is 1. The van der Waals surface area contributed by atoms with E-state index in [9.17, 15) is 5.11 Å². The van der Waals surface area contributed by atoms with Gasteiger partial charge in [-0.25, -0.2) is 4.98 Å². The lowest BCUT2D eigenvalue weighted by Gasteiger charge is -2.08. The van der Waals surface area contributed by atoms with Crippen molar-refractivity contribution in [2.45, 2.75) is 38.7 Å². The maximum atomic E-state index is 9.95. The number of hydrogen-bond acceptors (Lipinski definition) is 3. The summed E-state index contributed by atoms with van der Waals surface area (Å²) in [6.45, 7) is 2.00. The van der Waals surface area contributed by atoms with Crippen LogP contribution in [-0.4, -0.2) is 16.2 Å². The average Bonchev–Trinajstić information content (AvgIpc) is 2.76. The van der Waals surface area contributed by atoms with Gasteiger partial charge in [0.25, 0.3) is 0 Å². The van der Waals surface area contributed by atoms with E-state index in [0.717, 1.165) is 30.0 Å². The van der Waals surface area contributed by atoms with Gasteiger partial charge in [0.15, 0.2) is 0 Å². The van der Waals surface area contributed by atoms with E-state index >= 15 is 0 Å². The van der Waals surface area contributed by atoms with Crippen LogP contribution in [0.2, 0.25) is 0 Å². The molecule has 1 atom stereocenters. The molecular formula is C15H19NOS. The molecular weight excluding hydrogens is 242 g/mol. The predicted molar refractivity (Wildman–Crippen MR) is 75.9 cm³/mol. The molecule has 96 valence electrons. The van der Waals surface area contributed by atoms with Crippen LogP contribution in [0.25, 0.3) is 0 Å². The molecule has 0 fully saturated rings. The first kappa shape index (κ1) is 13.2. The lowest BCUT2D eigenvalue weighted by atomic mass is 10.0. The van der Waals surface area contributed by atoms with Gasteiger partial charge in [-0.2, -0.15) is 0 Å². The molecule has 0 aliphatic rings. The topological polar surface area (TPSA) is 33.1 Å². The second kappa shape index (κ2) is 6.66. The van der Waals surface area contributed by atoms with Gasteiger partial charge < -0.3 is 5.11 Å². The van der Waals surface area contributed by atoms with Crippen molar-refractivity contribution in [3.05, 3.63) is 52.0 Å². The molecule has 2 rings (SSSR count). The number of hydrogen-bond donors (Lipinski definition) is 1. The van der Waals surface area contributed by atoms with Gasteiger partial charge in [-0.05, 0) is 31.7 Å². The largest absolute Gasteiger partial charge is 0.393 e. The average molecular weight is 261 g/mol. The maximum Gasteiger partial charge on any atom is 0.0897 e. The summed E-state index contributed by atoms with van der Waals surface area (Å²) in [6.07, 6.45) is 3.31. The van der Waals surface area contributed by atoms with Crippen molar-refractivity contribution >= 4 is 11.3 Å². The van der Waals surface area contributed by atoms with Crippen molar-refractivity contribution < 1.29 is 5.11 Å². The maximum absolute atomic E-state index is 9.95. The second-order valence-corrected chi connectivity index (χ2v) is 5.66. The number of aryl methyl sites for hydroxylation is 2. The summed E-state index contributed by atoms with van der Waals surface area (Å²) < 4.78 is 0. The Labute approximate surface area is 112 Å². The lowest BCUT2D eigenvalue weighted by Crippen LogP contribution is -2.11. The van der Waals surface area contributed by atoms with Gasteiger partial charge in [-0.15, -0.1) is 11.3 Å². The van der Waals surface area contributed by atoms with Crippen molar-refractivity contribution in [1.82, 2.24) is 4.98 Å². The van der Waals surface area contributed by atoms with Crippen LogP contribution in [0, 0.1) is 6.92 Å². The molecule has 0 amide bonds. The highest BCUT2D eigenvalue weighted by molar-refractivity contribution is 7.09. The minimum absolute atomic E-state index is 0.268. The van der Waals surface area contributed by atoms with E-state index in [1.54, 1.807) is 11.3 Å². The summed E-state index contributed by atoms with van der Waals surface area (Å²) >= 11 is 1.64. The molecule has 0 radical (unpaired) electrons. The Morgan fingerprint density at radius 1 is 1.28 bits per heavy atom. The molecule has 18 heavy (non-hydrogen) atoms. The Morgan fingerprint density at radius 2 is 2.06 bits per heavy atom. The number of aliphatic hydroxyl groups is 1. The zero-order chi connectivity index (χ0) is 12.8. The third-order valence-electron chi connectivity index (χ3n) is 2.96. The van der Waals surface area contributed by atoms with Crippen molar-refractivity contribution in [3.8, 4) is 0 Å². The summed E-state index contributed by atoms with van der Waals surface area (Å²) in [5, 5.41) is 13.1. The molecule has 2 nitrogen and oxygen atoms in total. The van der Waals surface area contributed by atoms with Crippen LogP contribution >= 0.6 is 11.3 Å². The van der Waals surface area contributed by atoms with Crippen molar-refractivity contribution in [3.63, 3.8) is 0 Å². The Bertz CT molecular complexity index is 466. The minimum atomic E-state index is -0.268. The van der Waals surface area contributed by atoms with Gasteiger partial charge in [0.1, 0.15) is 0 Å². The van der Waals surface area contributed by atoms with E-state index in [4.69, 9.17) is 0 Å². The molecule has 2 aromatic rings. The van der Waals surface area contributed by atoms with Crippen LogP contribution in [-0.2, 0) is 12.8 Å². The minimum Gasteiger partial charge on any atom is -0.393 e. The molecule has 0 saturated heterocycles. The first-order valence-electron chi connectivity index (χ1n) is 6.37. The van der Waals surface area contributed by atoms with Crippen LogP contribution in [0.1, 0.15) is 29.1 Å². The molecule has 0 aliphatic heterocycles. The molecule has 1 N–H and O–H groups in total. The second-order valence-electron chi connectivity index (χ2n) is 4.59.